The van der Waals surface area contributed by atoms with Crippen LogP contribution in [-0.4, -0.2) is 176 Å². The molecule has 89 heavy (non-hydrogen) atoms. The largest absolute Gasteiger partial charge is 0.504 e. The van der Waals surface area contributed by atoms with Crippen molar-refractivity contribution in [3.8, 4) is 143 Å². The average Bonchev–Trinajstić information content (AvgIpc) is 1.69. The number of cyclic esters (lactones) is 1. The van der Waals surface area contributed by atoms with Gasteiger partial charge in [0.25, 0.3) is 0 Å². The number of carbonyl (C=O) groups excluding carboxylic acids is 7. The van der Waals surface area contributed by atoms with Gasteiger partial charge in [0.05, 0.1) is 38.9 Å². The molecular weight excluding hydrogens is 1200 g/mol. The van der Waals surface area contributed by atoms with Crippen molar-refractivity contribution in [3.63, 3.8) is 0 Å². The molecule has 7 aromatic carbocycles. The van der Waals surface area contributed by atoms with Crippen molar-refractivity contribution in [1.29, 1.82) is 0 Å². The van der Waals surface area contributed by atoms with E-state index in [-0.39, 0.29) is 0 Å². The number of esters is 7. The number of rotatable bonds is 6. The summed E-state index contributed by atoms with van der Waals surface area (Å²) >= 11 is 0. The highest BCUT2D eigenvalue weighted by atomic mass is 16.7. The Labute approximate surface area is 489 Å². The van der Waals surface area contributed by atoms with Crippen LogP contribution in [0.5, 0.6) is 121 Å². The highest BCUT2D eigenvalue weighted by Gasteiger charge is 2.56. The number of ether oxygens (including phenoxy) is 8. The molecule has 0 spiro atoms. The molecule has 3 heterocycles. The van der Waals surface area contributed by atoms with Crippen LogP contribution in [0.3, 0.4) is 0 Å². The van der Waals surface area contributed by atoms with E-state index in [0.717, 1.165) is 0 Å². The lowest BCUT2D eigenvalue weighted by atomic mass is 9.91. The second-order valence-corrected chi connectivity index (χ2v) is 19.0. The van der Waals surface area contributed by atoms with E-state index in [4.69, 9.17) is 37.9 Å². The first kappa shape index (κ1) is 59.2. The number of benzene rings is 7. The Morgan fingerprint density at radius 3 is 1.02 bits per heavy atom. The lowest BCUT2D eigenvalue weighted by Gasteiger charge is -2.44. The number of aromatic hydroxyl groups is 19. The van der Waals surface area contributed by atoms with Gasteiger partial charge in [0.15, 0.2) is 98.5 Å². The van der Waals surface area contributed by atoms with Crippen LogP contribution in [0.2, 0.25) is 0 Å². The van der Waals surface area contributed by atoms with Gasteiger partial charge in [-0.15, -0.1) is 0 Å². The van der Waals surface area contributed by atoms with Gasteiger partial charge in [0, 0.05) is 22.3 Å². The number of phenolic OH excluding ortho intramolecular Hbond substituents is 19. The summed E-state index contributed by atoms with van der Waals surface area (Å²) in [6.45, 7) is -1.42. The van der Waals surface area contributed by atoms with E-state index in [2.05, 4.69) is 0 Å². The summed E-state index contributed by atoms with van der Waals surface area (Å²) in [5.41, 5.74) is -12.1. The van der Waals surface area contributed by atoms with Crippen LogP contribution in [0.4, 0.5) is 0 Å². The Kier molecular flexibility index (Phi) is 14.3. The lowest BCUT2D eigenvalue weighted by Crippen LogP contribution is -2.63. The number of hydrogen-bond donors (Lipinski definition) is 19. The summed E-state index contributed by atoms with van der Waals surface area (Å²) in [5.74, 6) is -40.3. The third-order valence-electron chi connectivity index (χ3n) is 13.6. The second kappa shape index (κ2) is 21.6. The molecule has 0 aliphatic carbocycles. The molecule has 19 N–H and O–H groups in total. The fourth-order valence-electron chi connectivity index (χ4n) is 9.33. The maximum absolute atomic E-state index is 14.9. The zero-order chi connectivity index (χ0) is 64.8. The minimum atomic E-state index is -2.77. The van der Waals surface area contributed by atoms with Crippen molar-refractivity contribution < 1.29 is 168 Å². The van der Waals surface area contributed by atoms with Gasteiger partial charge < -0.3 is 135 Å². The topological polar surface area (TPSA) is 578 Å². The molecule has 7 aromatic rings. The van der Waals surface area contributed by atoms with E-state index in [0.29, 0.717) is 60.7 Å². The fraction of sp³-hybridized carbons (Fsp3) is 0.109. The van der Waals surface area contributed by atoms with Crippen molar-refractivity contribution in [2.75, 3.05) is 6.61 Å². The summed E-state index contributed by atoms with van der Waals surface area (Å²) in [4.78, 5) is 99.6. The second-order valence-electron chi connectivity index (χ2n) is 19.0. The van der Waals surface area contributed by atoms with Gasteiger partial charge in [0.2, 0.25) is 46.9 Å². The highest BCUT2D eigenvalue weighted by Crippen LogP contribution is 2.56. The monoisotopic (exact) mass is 1240 g/mol. The molecule has 0 aromatic heterocycles. The standard InChI is InChI=1S/C55H36O34/c56-19-1-12(2-20(57)34(19)64)48(75)83-27-5-13(3-21(58)35(27)65)49(76)84-28-6-14(4-22(59)36(28)66)50(77)89-55-47-46-45(86-52(79)16-8-24(61)39(69)43(73)32(16)33-18(54(81)88-47)10-26(63)40(70)44(33)74)29(85-55)11-82-51(78)15-7-23(60)37(67)41(71)30(15)31-17(53(80)87-46)9-25(62)38(68)42(31)72/h1-10,29,45-47,55-74H,11H2. The van der Waals surface area contributed by atoms with Gasteiger partial charge in [-0.3, -0.25) is 0 Å². The van der Waals surface area contributed by atoms with Crippen molar-refractivity contribution >= 4 is 41.8 Å². The van der Waals surface area contributed by atoms with Crippen molar-refractivity contribution in [2.24, 2.45) is 0 Å². The van der Waals surface area contributed by atoms with Crippen LogP contribution in [0.25, 0.3) is 22.3 Å². The van der Waals surface area contributed by atoms with E-state index in [9.17, 15) is 131 Å². The highest BCUT2D eigenvalue weighted by molar-refractivity contribution is 6.10. The molecule has 5 atom stereocenters. The molecule has 34 heteroatoms. The molecule has 5 unspecified atom stereocenters. The molecular formula is C55H36O34. The normalized spacial score (nSPS) is 17.8. The van der Waals surface area contributed by atoms with Crippen molar-refractivity contribution in [1.82, 2.24) is 0 Å². The fourth-order valence-corrected chi connectivity index (χ4v) is 9.33. The molecule has 460 valence electrons. The Hall–Kier alpha value is -13.0. The summed E-state index contributed by atoms with van der Waals surface area (Å²) in [5, 5.41) is 203. The zero-order valence-corrected chi connectivity index (χ0v) is 43.5. The summed E-state index contributed by atoms with van der Waals surface area (Å²) in [6, 6.07) is 4.55. The Bertz CT molecular complexity index is 4290. The predicted octanol–water partition coefficient (Wildman–Crippen LogP) is 2.91. The minimum Gasteiger partial charge on any atom is -0.504 e. The average molecular weight is 1240 g/mol. The molecule has 10 rings (SSSR count). The molecule has 1 fully saturated rings. The van der Waals surface area contributed by atoms with Gasteiger partial charge in [-0.05, 0) is 60.7 Å². The molecule has 0 saturated carbocycles. The van der Waals surface area contributed by atoms with Crippen LogP contribution in [0, 0.1) is 0 Å². The third kappa shape index (κ3) is 9.99. The van der Waals surface area contributed by atoms with Crippen molar-refractivity contribution in [2.45, 2.75) is 30.7 Å². The minimum absolute atomic E-state index is 0.309. The first-order chi connectivity index (χ1) is 41.9. The first-order valence-corrected chi connectivity index (χ1v) is 24.5. The smallest absolute Gasteiger partial charge is 0.343 e. The van der Waals surface area contributed by atoms with Gasteiger partial charge in [-0.1, -0.05) is 0 Å². The Morgan fingerprint density at radius 2 is 0.640 bits per heavy atom. The van der Waals surface area contributed by atoms with Crippen LogP contribution < -0.4 is 9.47 Å². The number of carbonyl (C=O) groups is 7. The molecule has 0 amide bonds. The quantitative estimate of drug-likeness (QED) is 0.0492. The van der Waals surface area contributed by atoms with E-state index in [1.54, 1.807) is 0 Å². The zero-order valence-electron chi connectivity index (χ0n) is 43.5. The maximum atomic E-state index is 14.9. The predicted molar refractivity (Wildman–Crippen MR) is 277 cm³/mol. The van der Waals surface area contributed by atoms with E-state index >= 15 is 0 Å². The summed E-state index contributed by atoms with van der Waals surface area (Å²) < 4.78 is 44.3. The Morgan fingerprint density at radius 1 is 0.337 bits per heavy atom. The van der Waals surface area contributed by atoms with Gasteiger partial charge in [-0.25, -0.2) is 33.6 Å². The van der Waals surface area contributed by atoms with Gasteiger partial charge >= 0.3 is 41.8 Å². The maximum Gasteiger partial charge on any atom is 0.343 e. The molecule has 1 saturated heterocycles. The third-order valence-corrected chi connectivity index (χ3v) is 13.6. The Balaban J connectivity index is 1.09. The van der Waals surface area contributed by atoms with Gasteiger partial charge in [-0.2, -0.15) is 0 Å². The van der Waals surface area contributed by atoms with Gasteiger partial charge in [0.1, 0.15) is 12.7 Å². The van der Waals surface area contributed by atoms with Crippen molar-refractivity contribution in [3.05, 3.63) is 99.6 Å². The summed E-state index contributed by atoms with van der Waals surface area (Å²) in [7, 11) is 0. The lowest BCUT2D eigenvalue weighted by molar-refractivity contribution is -0.282. The SMILES string of the molecule is O=C(Oc1cc(C(=O)Oc2cc(C(=O)OC3OC4COC(=O)c5cc(O)c(O)c(O)c5-c5c(cc(O)c(O)c5O)C(=O)OC5C4OC(=O)c4cc(O)c(O)c(O)c4-c4c(cc(O)c(O)c4O)C(=O)OC35)cc(O)c2O)cc(O)c1O)c1cc(O)c(O)c(O)c1. The van der Waals surface area contributed by atoms with Crippen LogP contribution in [-0.2, 0) is 28.4 Å². The van der Waals surface area contributed by atoms with Crippen LogP contribution >= 0.6 is 0 Å². The number of hydrogen-bond acceptors (Lipinski definition) is 34. The van der Waals surface area contributed by atoms with Crippen LogP contribution in [0.15, 0.2) is 60.7 Å². The molecule has 34 nitrogen and oxygen atoms in total. The van der Waals surface area contributed by atoms with E-state index in [1.165, 1.54) is 0 Å². The molecule has 3 aliphatic rings. The first-order valence-electron chi connectivity index (χ1n) is 24.5. The van der Waals surface area contributed by atoms with E-state index < -0.39 is 261 Å². The molecule has 3 aliphatic heterocycles. The number of fused-ring (bicyclic) bond motifs is 6. The molecule has 4 bridgehead atoms. The van der Waals surface area contributed by atoms with Crippen LogP contribution in [0.1, 0.15) is 72.5 Å². The number of phenols is 19. The molecule has 0 radical (unpaired) electrons. The summed E-state index contributed by atoms with van der Waals surface area (Å²) in [6.07, 6.45) is -13.1. The van der Waals surface area contributed by atoms with E-state index in [1.807, 2.05) is 0 Å².